The maximum absolute atomic E-state index is 11.2. The zero-order chi connectivity index (χ0) is 11.0. The van der Waals surface area contributed by atoms with Crippen LogP contribution in [0.2, 0.25) is 0 Å². The minimum atomic E-state index is -3.01. The highest BCUT2D eigenvalue weighted by Crippen LogP contribution is 2.28. The molecule has 0 N–H and O–H groups in total. The number of nitriles is 1. The van der Waals surface area contributed by atoms with Crippen molar-refractivity contribution < 1.29 is 8.42 Å². The Labute approximate surface area is 85.6 Å². The highest BCUT2D eigenvalue weighted by molar-refractivity contribution is 7.90. The minimum Gasteiger partial charge on any atom is -0.212 e. The second kappa shape index (κ2) is 3.52. The SMILES string of the molecule is CC(C)(C)C(C#N)CN1CCS1(=O)=O. The van der Waals surface area contributed by atoms with Gasteiger partial charge in [-0.2, -0.15) is 9.57 Å². The Hall–Kier alpha value is -0.600. The molecule has 80 valence electrons. The Morgan fingerprint density at radius 2 is 2.07 bits per heavy atom. The van der Waals surface area contributed by atoms with Gasteiger partial charge >= 0.3 is 0 Å². The Bertz CT molecular complexity index is 348. The van der Waals surface area contributed by atoms with Crippen LogP contribution >= 0.6 is 0 Å². The standard InChI is InChI=1S/C9H16N2O2S/c1-9(2,3)8(6-10)7-11-4-5-14(11,12)13/h8H,4-5,7H2,1-3H3. The lowest BCUT2D eigenvalue weighted by molar-refractivity contribution is 0.239. The number of hydrogen-bond acceptors (Lipinski definition) is 3. The van der Waals surface area contributed by atoms with Crippen molar-refractivity contribution in [3.8, 4) is 6.07 Å². The zero-order valence-corrected chi connectivity index (χ0v) is 9.63. The number of sulfonamides is 1. The third-order valence-corrected chi connectivity index (χ3v) is 4.40. The number of hydrogen-bond donors (Lipinski definition) is 0. The van der Waals surface area contributed by atoms with Crippen LogP contribution in [0.1, 0.15) is 20.8 Å². The molecular formula is C9H16N2O2S. The van der Waals surface area contributed by atoms with Crippen LogP contribution < -0.4 is 0 Å². The quantitative estimate of drug-likeness (QED) is 0.686. The van der Waals surface area contributed by atoms with E-state index in [1.807, 2.05) is 20.8 Å². The molecule has 0 saturated carbocycles. The molecule has 1 aliphatic heterocycles. The lowest BCUT2D eigenvalue weighted by Gasteiger charge is -2.35. The molecule has 14 heavy (non-hydrogen) atoms. The summed E-state index contributed by atoms with van der Waals surface area (Å²) >= 11 is 0. The third kappa shape index (κ3) is 2.25. The fraction of sp³-hybridized carbons (Fsp3) is 0.889. The first kappa shape index (κ1) is 11.5. The van der Waals surface area contributed by atoms with E-state index in [2.05, 4.69) is 6.07 Å². The highest BCUT2D eigenvalue weighted by atomic mass is 32.2. The normalized spacial score (nSPS) is 23.6. The predicted molar refractivity (Wildman–Crippen MR) is 53.9 cm³/mol. The van der Waals surface area contributed by atoms with E-state index >= 15 is 0 Å². The predicted octanol–water partition coefficient (Wildman–Crippen LogP) is 0.818. The van der Waals surface area contributed by atoms with E-state index in [4.69, 9.17) is 5.26 Å². The van der Waals surface area contributed by atoms with Gasteiger partial charge in [0.25, 0.3) is 0 Å². The van der Waals surface area contributed by atoms with E-state index in [1.54, 1.807) is 0 Å². The smallest absolute Gasteiger partial charge is 0.212 e. The molecule has 1 heterocycles. The van der Waals surface area contributed by atoms with Gasteiger partial charge in [0.1, 0.15) is 0 Å². The van der Waals surface area contributed by atoms with Crippen LogP contribution in [-0.4, -0.2) is 31.6 Å². The largest absolute Gasteiger partial charge is 0.215 e. The molecule has 1 unspecified atom stereocenters. The summed E-state index contributed by atoms with van der Waals surface area (Å²) in [5.74, 6) is -0.00692. The van der Waals surface area contributed by atoms with Crippen molar-refractivity contribution in [2.45, 2.75) is 20.8 Å². The molecule has 0 aromatic rings. The molecule has 0 aromatic carbocycles. The third-order valence-electron chi connectivity index (χ3n) is 2.58. The summed E-state index contributed by atoms with van der Waals surface area (Å²) in [6, 6.07) is 2.17. The number of nitrogens with zero attached hydrogens (tertiary/aromatic N) is 2. The molecule has 1 saturated heterocycles. The summed E-state index contributed by atoms with van der Waals surface area (Å²) in [7, 11) is -3.01. The van der Waals surface area contributed by atoms with E-state index < -0.39 is 10.0 Å². The van der Waals surface area contributed by atoms with Gasteiger partial charge in [0.2, 0.25) is 10.0 Å². The Morgan fingerprint density at radius 1 is 1.50 bits per heavy atom. The minimum absolute atomic E-state index is 0.167. The fourth-order valence-electron chi connectivity index (χ4n) is 1.29. The molecule has 1 aliphatic rings. The van der Waals surface area contributed by atoms with Crippen LogP contribution in [-0.2, 0) is 10.0 Å². The van der Waals surface area contributed by atoms with Crippen molar-refractivity contribution in [3.05, 3.63) is 0 Å². The van der Waals surface area contributed by atoms with Crippen molar-refractivity contribution in [3.63, 3.8) is 0 Å². The Balaban J connectivity index is 2.65. The molecule has 0 radical (unpaired) electrons. The highest BCUT2D eigenvalue weighted by Gasteiger charge is 2.37. The first-order valence-corrected chi connectivity index (χ1v) is 6.26. The second-order valence-corrected chi connectivity index (χ2v) is 6.81. The summed E-state index contributed by atoms with van der Waals surface area (Å²) in [4.78, 5) is 0. The van der Waals surface area contributed by atoms with Crippen molar-refractivity contribution in [1.82, 2.24) is 4.31 Å². The molecule has 1 rings (SSSR count). The Kier molecular flexibility index (Phi) is 2.88. The monoisotopic (exact) mass is 216 g/mol. The Morgan fingerprint density at radius 3 is 2.29 bits per heavy atom. The van der Waals surface area contributed by atoms with E-state index in [9.17, 15) is 8.42 Å². The summed E-state index contributed by atoms with van der Waals surface area (Å²) in [6.07, 6.45) is 0. The first-order valence-electron chi connectivity index (χ1n) is 4.65. The molecule has 0 amide bonds. The second-order valence-electron chi connectivity index (χ2n) is 4.72. The summed E-state index contributed by atoms with van der Waals surface area (Å²) < 4.78 is 23.8. The molecule has 0 aromatic heterocycles. The van der Waals surface area contributed by atoms with Gasteiger partial charge in [0.15, 0.2) is 0 Å². The summed E-state index contributed by atoms with van der Waals surface area (Å²) in [5.41, 5.74) is -0.167. The van der Waals surface area contributed by atoms with Gasteiger partial charge in [-0.15, -0.1) is 0 Å². The number of rotatable bonds is 2. The van der Waals surface area contributed by atoms with Crippen molar-refractivity contribution in [2.24, 2.45) is 11.3 Å². The van der Waals surface area contributed by atoms with Crippen molar-refractivity contribution >= 4 is 10.0 Å². The lowest BCUT2D eigenvalue weighted by Crippen LogP contribution is -2.50. The van der Waals surface area contributed by atoms with Crippen LogP contribution in [0.15, 0.2) is 0 Å². The molecule has 0 spiro atoms. The van der Waals surface area contributed by atoms with Crippen LogP contribution in [0.4, 0.5) is 0 Å². The van der Waals surface area contributed by atoms with Crippen LogP contribution in [0, 0.1) is 22.7 Å². The van der Waals surface area contributed by atoms with E-state index in [0.717, 1.165) is 0 Å². The van der Waals surface area contributed by atoms with Crippen LogP contribution in [0.5, 0.6) is 0 Å². The van der Waals surface area contributed by atoms with E-state index in [-0.39, 0.29) is 17.1 Å². The fourth-order valence-corrected chi connectivity index (χ4v) is 2.40. The average molecular weight is 216 g/mol. The average Bonchev–Trinajstić information content (AvgIpc) is 2.01. The van der Waals surface area contributed by atoms with Gasteiger partial charge in [0.05, 0.1) is 17.7 Å². The molecular weight excluding hydrogens is 200 g/mol. The molecule has 5 heteroatoms. The van der Waals surface area contributed by atoms with Gasteiger partial charge in [-0.05, 0) is 5.41 Å². The summed E-state index contributed by atoms with van der Waals surface area (Å²) in [5, 5.41) is 8.93. The zero-order valence-electron chi connectivity index (χ0n) is 8.82. The van der Waals surface area contributed by atoms with Gasteiger partial charge in [-0.1, -0.05) is 20.8 Å². The molecule has 1 fully saturated rings. The molecule has 1 atom stereocenters. The maximum Gasteiger partial charge on any atom is 0.215 e. The van der Waals surface area contributed by atoms with Crippen LogP contribution in [0.25, 0.3) is 0 Å². The van der Waals surface area contributed by atoms with Gasteiger partial charge in [-0.3, -0.25) is 0 Å². The molecule has 4 nitrogen and oxygen atoms in total. The summed E-state index contributed by atoms with van der Waals surface area (Å²) in [6.45, 7) is 6.76. The molecule has 0 bridgehead atoms. The van der Waals surface area contributed by atoms with E-state index in [0.29, 0.717) is 13.1 Å². The lowest BCUT2D eigenvalue weighted by atomic mass is 9.82. The van der Waals surface area contributed by atoms with Crippen LogP contribution in [0.3, 0.4) is 0 Å². The van der Waals surface area contributed by atoms with Gasteiger partial charge in [-0.25, -0.2) is 8.42 Å². The van der Waals surface area contributed by atoms with Crippen molar-refractivity contribution in [1.29, 1.82) is 5.26 Å². The molecule has 0 aliphatic carbocycles. The maximum atomic E-state index is 11.2. The van der Waals surface area contributed by atoms with Gasteiger partial charge < -0.3 is 0 Å². The first-order chi connectivity index (χ1) is 6.27. The van der Waals surface area contributed by atoms with Gasteiger partial charge in [0, 0.05) is 13.1 Å². The van der Waals surface area contributed by atoms with Crippen molar-refractivity contribution in [2.75, 3.05) is 18.8 Å². The van der Waals surface area contributed by atoms with E-state index in [1.165, 1.54) is 4.31 Å². The topological polar surface area (TPSA) is 61.2 Å².